The first kappa shape index (κ1) is 18.3. The number of hydrogen-bond acceptors (Lipinski definition) is 3. The Kier molecular flexibility index (Phi) is 7.55. The van der Waals surface area contributed by atoms with Crippen LogP contribution in [0.25, 0.3) is 0 Å². The van der Waals surface area contributed by atoms with E-state index in [1.165, 1.54) is 19.3 Å². The van der Waals surface area contributed by atoms with Gasteiger partial charge in [0.2, 0.25) is 0 Å². The summed E-state index contributed by atoms with van der Waals surface area (Å²) in [6.07, 6.45) is 6.52. The number of nitrogens with one attached hydrogen (secondary N) is 3. The number of carbonyl (C=O) groups is 2. The number of benzene rings is 1. The molecule has 0 unspecified atom stereocenters. The Morgan fingerprint density at radius 2 is 1.67 bits per heavy atom. The fraction of sp³-hybridized carbons (Fsp3) is 0.556. The third-order valence-electron chi connectivity index (χ3n) is 4.32. The average Bonchev–Trinajstić information content (AvgIpc) is 2.62. The second kappa shape index (κ2) is 9.93. The minimum Gasteiger partial charge on any atom is -0.352 e. The van der Waals surface area contributed by atoms with Crippen LogP contribution in [-0.4, -0.2) is 31.1 Å². The van der Waals surface area contributed by atoms with Crippen LogP contribution in [0.1, 0.15) is 54.4 Å². The Hall–Kier alpha value is -2.08. The molecule has 5 N–H and O–H groups in total. The van der Waals surface area contributed by atoms with Crippen LogP contribution in [0.4, 0.5) is 4.79 Å². The SMILES string of the molecule is NCc1ccc(C(=O)NCCCNC(=O)NC2CCCCC2)cc1. The van der Waals surface area contributed by atoms with Crippen molar-refractivity contribution in [3.05, 3.63) is 35.4 Å². The first-order valence-corrected chi connectivity index (χ1v) is 8.80. The summed E-state index contributed by atoms with van der Waals surface area (Å²) < 4.78 is 0. The van der Waals surface area contributed by atoms with Gasteiger partial charge in [-0.15, -0.1) is 0 Å². The van der Waals surface area contributed by atoms with Crippen LogP contribution in [-0.2, 0) is 6.54 Å². The standard InChI is InChI=1S/C18H28N4O2/c19-13-14-7-9-15(10-8-14)17(23)20-11-4-12-21-18(24)22-16-5-2-1-3-6-16/h7-10,16H,1-6,11-13,19H2,(H,20,23)(H2,21,22,24). The quantitative estimate of drug-likeness (QED) is 0.574. The predicted molar refractivity (Wildman–Crippen MR) is 94.7 cm³/mol. The maximum absolute atomic E-state index is 12.0. The summed E-state index contributed by atoms with van der Waals surface area (Å²) in [5, 5.41) is 8.70. The molecule has 1 aliphatic rings. The van der Waals surface area contributed by atoms with Gasteiger partial charge in [-0.2, -0.15) is 0 Å². The topological polar surface area (TPSA) is 96.2 Å². The molecule has 1 aromatic carbocycles. The molecular formula is C18H28N4O2. The summed E-state index contributed by atoms with van der Waals surface area (Å²) in [5.74, 6) is -0.106. The summed E-state index contributed by atoms with van der Waals surface area (Å²) in [7, 11) is 0. The number of rotatable bonds is 7. The van der Waals surface area contributed by atoms with Crippen LogP contribution in [0, 0.1) is 0 Å². The number of hydrogen-bond donors (Lipinski definition) is 4. The van der Waals surface area contributed by atoms with E-state index >= 15 is 0 Å². The smallest absolute Gasteiger partial charge is 0.315 e. The van der Waals surface area contributed by atoms with Gasteiger partial charge in [-0.05, 0) is 37.0 Å². The van der Waals surface area contributed by atoms with E-state index in [1.54, 1.807) is 12.1 Å². The van der Waals surface area contributed by atoms with E-state index in [0.29, 0.717) is 37.7 Å². The molecule has 0 heterocycles. The van der Waals surface area contributed by atoms with E-state index in [4.69, 9.17) is 5.73 Å². The summed E-state index contributed by atoms with van der Waals surface area (Å²) in [6, 6.07) is 7.46. The first-order valence-electron chi connectivity index (χ1n) is 8.80. The van der Waals surface area contributed by atoms with Crippen molar-refractivity contribution in [1.82, 2.24) is 16.0 Å². The predicted octanol–water partition coefficient (Wildman–Crippen LogP) is 1.90. The summed E-state index contributed by atoms with van der Waals surface area (Å²) in [5.41, 5.74) is 7.15. The molecule has 3 amide bonds. The number of carbonyl (C=O) groups excluding carboxylic acids is 2. The van der Waals surface area contributed by atoms with Crippen molar-refractivity contribution in [2.75, 3.05) is 13.1 Å². The molecule has 0 atom stereocenters. The number of urea groups is 1. The molecule has 6 nitrogen and oxygen atoms in total. The van der Waals surface area contributed by atoms with Gasteiger partial charge in [0.15, 0.2) is 0 Å². The zero-order chi connectivity index (χ0) is 17.2. The van der Waals surface area contributed by atoms with Gasteiger partial charge in [-0.1, -0.05) is 31.4 Å². The van der Waals surface area contributed by atoms with E-state index in [0.717, 1.165) is 18.4 Å². The molecule has 24 heavy (non-hydrogen) atoms. The highest BCUT2D eigenvalue weighted by Gasteiger charge is 2.15. The third kappa shape index (κ3) is 6.20. The van der Waals surface area contributed by atoms with E-state index in [1.807, 2.05) is 12.1 Å². The van der Waals surface area contributed by atoms with Crippen molar-refractivity contribution in [3.63, 3.8) is 0 Å². The third-order valence-corrected chi connectivity index (χ3v) is 4.32. The lowest BCUT2D eigenvalue weighted by atomic mass is 9.96. The largest absolute Gasteiger partial charge is 0.352 e. The van der Waals surface area contributed by atoms with Crippen molar-refractivity contribution in [1.29, 1.82) is 0 Å². The molecule has 1 aromatic rings. The van der Waals surface area contributed by atoms with E-state index < -0.39 is 0 Å². The average molecular weight is 332 g/mol. The van der Waals surface area contributed by atoms with Crippen molar-refractivity contribution in [2.24, 2.45) is 5.73 Å². The molecule has 1 saturated carbocycles. The molecule has 0 saturated heterocycles. The Balaban J connectivity index is 1.56. The lowest BCUT2D eigenvalue weighted by Crippen LogP contribution is -2.43. The van der Waals surface area contributed by atoms with Gasteiger partial charge in [0.1, 0.15) is 0 Å². The van der Waals surface area contributed by atoms with Gasteiger partial charge >= 0.3 is 6.03 Å². The molecular weight excluding hydrogens is 304 g/mol. The van der Waals surface area contributed by atoms with Crippen LogP contribution in [0.2, 0.25) is 0 Å². The number of nitrogens with two attached hydrogens (primary N) is 1. The van der Waals surface area contributed by atoms with Gasteiger partial charge < -0.3 is 21.7 Å². The lowest BCUT2D eigenvalue weighted by molar-refractivity contribution is 0.0953. The highest BCUT2D eigenvalue weighted by atomic mass is 16.2. The highest BCUT2D eigenvalue weighted by molar-refractivity contribution is 5.94. The Bertz CT molecular complexity index is 524. The van der Waals surface area contributed by atoms with Gasteiger partial charge in [-0.3, -0.25) is 4.79 Å². The summed E-state index contributed by atoms with van der Waals surface area (Å²) >= 11 is 0. The number of amides is 3. The fourth-order valence-corrected chi connectivity index (χ4v) is 2.87. The van der Waals surface area contributed by atoms with Crippen molar-refractivity contribution in [2.45, 2.75) is 51.1 Å². The maximum atomic E-state index is 12.0. The fourth-order valence-electron chi connectivity index (χ4n) is 2.87. The highest BCUT2D eigenvalue weighted by Crippen LogP contribution is 2.17. The second-order valence-corrected chi connectivity index (χ2v) is 6.25. The minimum atomic E-state index is -0.106. The monoisotopic (exact) mass is 332 g/mol. The van der Waals surface area contributed by atoms with Crippen LogP contribution in [0.3, 0.4) is 0 Å². The molecule has 2 rings (SSSR count). The Morgan fingerprint density at radius 1 is 1.00 bits per heavy atom. The van der Waals surface area contributed by atoms with Gasteiger partial charge in [-0.25, -0.2) is 4.79 Å². The normalized spacial score (nSPS) is 14.9. The van der Waals surface area contributed by atoms with Gasteiger partial charge in [0.25, 0.3) is 5.91 Å². The molecule has 1 fully saturated rings. The Labute approximate surface area is 143 Å². The van der Waals surface area contributed by atoms with Crippen LogP contribution in [0.5, 0.6) is 0 Å². The zero-order valence-corrected chi connectivity index (χ0v) is 14.1. The van der Waals surface area contributed by atoms with Gasteiger partial charge in [0, 0.05) is 31.2 Å². The van der Waals surface area contributed by atoms with Crippen LogP contribution in [0.15, 0.2) is 24.3 Å². The molecule has 0 radical (unpaired) electrons. The van der Waals surface area contributed by atoms with Crippen LogP contribution < -0.4 is 21.7 Å². The van der Waals surface area contributed by atoms with Crippen molar-refractivity contribution < 1.29 is 9.59 Å². The molecule has 6 heteroatoms. The van der Waals surface area contributed by atoms with Crippen molar-refractivity contribution >= 4 is 11.9 Å². The molecule has 0 aliphatic heterocycles. The van der Waals surface area contributed by atoms with E-state index in [2.05, 4.69) is 16.0 Å². The molecule has 132 valence electrons. The zero-order valence-electron chi connectivity index (χ0n) is 14.1. The van der Waals surface area contributed by atoms with E-state index in [-0.39, 0.29) is 11.9 Å². The first-order chi connectivity index (χ1) is 11.7. The van der Waals surface area contributed by atoms with Crippen molar-refractivity contribution in [3.8, 4) is 0 Å². The van der Waals surface area contributed by atoms with Crippen LogP contribution >= 0.6 is 0 Å². The molecule has 0 aromatic heterocycles. The molecule has 0 bridgehead atoms. The molecule has 1 aliphatic carbocycles. The van der Waals surface area contributed by atoms with E-state index in [9.17, 15) is 9.59 Å². The Morgan fingerprint density at radius 3 is 2.33 bits per heavy atom. The van der Waals surface area contributed by atoms with Gasteiger partial charge in [0.05, 0.1) is 0 Å². The second-order valence-electron chi connectivity index (χ2n) is 6.25. The summed E-state index contributed by atoms with van der Waals surface area (Å²) in [4.78, 5) is 23.7. The summed E-state index contributed by atoms with van der Waals surface area (Å²) in [6.45, 7) is 1.54. The lowest BCUT2D eigenvalue weighted by Gasteiger charge is -2.22. The minimum absolute atomic E-state index is 0.106. The maximum Gasteiger partial charge on any atom is 0.315 e. The molecule has 0 spiro atoms.